The number of hydrogen-bond donors (Lipinski definition) is 2. The third-order valence-electron chi connectivity index (χ3n) is 6.22. The minimum absolute atomic E-state index is 0.0303. The van der Waals surface area contributed by atoms with Crippen LogP contribution in [0.15, 0.2) is 12.1 Å². The number of hydrogen-bond acceptors (Lipinski definition) is 4. The molecule has 0 saturated heterocycles. The molecule has 1 aromatic rings. The molecule has 2 heterocycles. The zero-order valence-corrected chi connectivity index (χ0v) is 19.6. The van der Waals surface area contributed by atoms with Gasteiger partial charge in [0.25, 0.3) is 5.91 Å². The second kappa shape index (κ2) is 13.2. The maximum Gasteiger partial charge on any atom is 0.271 e. The normalized spacial score (nSPS) is 21.1. The Hall–Kier alpha value is -2.44. The number of nitrogens with one attached hydrogen (secondary N) is 1. The first-order valence-electron chi connectivity index (χ1n) is 12.1. The van der Waals surface area contributed by atoms with Crippen LogP contribution in [0, 0.1) is 5.92 Å². The maximum atomic E-state index is 13.5. The zero-order valence-electron chi connectivity index (χ0n) is 19.6. The van der Waals surface area contributed by atoms with E-state index in [4.69, 9.17) is 5.73 Å². The summed E-state index contributed by atoms with van der Waals surface area (Å²) in [5, 5.41) is 0. The van der Waals surface area contributed by atoms with Crippen LogP contribution in [-0.4, -0.2) is 45.9 Å². The van der Waals surface area contributed by atoms with E-state index in [1.54, 1.807) is 12.1 Å². The Morgan fingerprint density at radius 3 is 2.16 bits per heavy atom. The van der Waals surface area contributed by atoms with Gasteiger partial charge in [0.05, 0.1) is 11.7 Å². The van der Waals surface area contributed by atoms with Crippen molar-refractivity contribution in [1.29, 1.82) is 0 Å². The molecule has 2 rings (SSSR count). The van der Waals surface area contributed by atoms with Crippen molar-refractivity contribution in [3.8, 4) is 0 Å². The Morgan fingerprint density at radius 2 is 1.59 bits per heavy atom. The van der Waals surface area contributed by atoms with Crippen LogP contribution in [0.3, 0.4) is 0 Å². The number of ketones is 1. The Labute approximate surface area is 191 Å². The predicted octanol–water partition coefficient (Wildman–Crippen LogP) is 4.41. The third kappa shape index (κ3) is 7.61. The highest BCUT2D eigenvalue weighted by Crippen LogP contribution is 2.22. The largest absolute Gasteiger partial charge is 0.368 e. The molecule has 0 fully saturated rings. The molecule has 1 aliphatic heterocycles. The molecule has 3 N–H and O–H groups in total. The monoisotopic (exact) mass is 445 g/mol. The first-order valence-corrected chi connectivity index (χ1v) is 12.1. The van der Waals surface area contributed by atoms with E-state index in [0.29, 0.717) is 25.0 Å². The fourth-order valence-corrected chi connectivity index (χ4v) is 4.48. The van der Waals surface area contributed by atoms with Crippen molar-refractivity contribution in [3.05, 3.63) is 23.5 Å². The number of aldehydes is 1. The molecule has 0 aliphatic carbocycles. The smallest absolute Gasteiger partial charge is 0.271 e. The zero-order chi connectivity index (χ0) is 23.5. The van der Waals surface area contributed by atoms with Crippen molar-refractivity contribution in [2.45, 2.75) is 103 Å². The average Bonchev–Trinajstić information content (AvgIpc) is 3.24. The Morgan fingerprint density at radius 1 is 1.03 bits per heavy atom. The van der Waals surface area contributed by atoms with Crippen LogP contribution in [0.25, 0.3) is 0 Å². The van der Waals surface area contributed by atoms with Gasteiger partial charge in [0.1, 0.15) is 18.0 Å². The standard InChI is InChI=1S/C25H39N3O4/c1-18(2)16-19(17-29)28-22(24(26)31)12-10-8-6-4-3-5-7-9-11-13-23(30)20-14-15-21(27-20)25(28)32/h14-15,17-19,22,27H,3-13,16H2,1-2H3,(H2,26,31)/t19-,22?/m0/s1. The van der Waals surface area contributed by atoms with Gasteiger partial charge < -0.3 is 20.4 Å². The van der Waals surface area contributed by atoms with Crippen molar-refractivity contribution in [2.75, 3.05) is 0 Å². The van der Waals surface area contributed by atoms with Gasteiger partial charge in [-0.2, -0.15) is 0 Å². The highest BCUT2D eigenvalue weighted by molar-refractivity contribution is 6.00. The van der Waals surface area contributed by atoms with Crippen LogP contribution < -0.4 is 5.73 Å². The number of carbonyl (C=O) groups is 4. The van der Waals surface area contributed by atoms with Crippen molar-refractivity contribution < 1.29 is 19.2 Å². The van der Waals surface area contributed by atoms with E-state index in [0.717, 1.165) is 51.2 Å². The van der Waals surface area contributed by atoms with Crippen LogP contribution in [0.5, 0.6) is 0 Å². The van der Waals surface area contributed by atoms with Crippen LogP contribution in [0.2, 0.25) is 0 Å². The lowest BCUT2D eigenvalue weighted by Crippen LogP contribution is -2.54. The van der Waals surface area contributed by atoms with E-state index in [9.17, 15) is 19.2 Å². The number of nitrogens with two attached hydrogens (primary N) is 1. The van der Waals surface area contributed by atoms with Gasteiger partial charge in [0, 0.05) is 6.42 Å². The first kappa shape index (κ1) is 25.8. The van der Waals surface area contributed by atoms with E-state index in [-0.39, 0.29) is 17.4 Å². The number of fused-ring (bicyclic) bond motifs is 2. The third-order valence-corrected chi connectivity index (χ3v) is 6.22. The van der Waals surface area contributed by atoms with Gasteiger partial charge >= 0.3 is 0 Å². The maximum absolute atomic E-state index is 13.5. The number of primary amides is 1. The number of aromatic nitrogens is 1. The highest BCUT2D eigenvalue weighted by atomic mass is 16.2. The average molecular weight is 446 g/mol. The molecule has 2 bridgehead atoms. The molecule has 7 heteroatoms. The van der Waals surface area contributed by atoms with Gasteiger partial charge in [-0.3, -0.25) is 14.4 Å². The molecule has 2 amide bonds. The van der Waals surface area contributed by atoms with Crippen LogP contribution >= 0.6 is 0 Å². The molecule has 2 atom stereocenters. The summed E-state index contributed by atoms with van der Waals surface area (Å²) in [6.07, 6.45) is 11.3. The number of nitrogens with zero attached hydrogens (tertiary/aromatic N) is 1. The molecule has 0 saturated carbocycles. The summed E-state index contributed by atoms with van der Waals surface area (Å²) in [6.45, 7) is 3.93. The second-order valence-corrected chi connectivity index (χ2v) is 9.39. The fraction of sp³-hybridized carbons (Fsp3) is 0.680. The first-order chi connectivity index (χ1) is 15.3. The summed E-state index contributed by atoms with van der Waals surface area (Å²) in [5.74, 6) is -0.949. The molecular formula is C25H39N3O4. The Kier molecular flexibility index (Phi) is 10.6. The van der Waals surface area contributed by atoms with Gasteiger partial charge in [0.2, 0.25) is 5.91 Å². The second-order valence-electron chi connectivity index (χ2n) is 9.39. The Bertz CT molecular complexity index is 771. The molecule has 1 aliphatic rings. The molecule has 0 spiro atoms. The SMILES string of the molecule is CC(C)C[C@@H](C=O)N1C(=O)c2ccc([nH]2)C(=O)CCCCCCCCCCCC1C(N)=O. The van der Waals surface area contributed by atoms with Gasteiger partial charge in [-0.1, -0.05) is 65.2 Å². The lowest BCUT2D eigenvalue weighted by atomic mass is 9.98. The topological polar surface area (TPSA) is 113 Å². The molecule has 0 radical (unpaired) electrons. The number of carbonyl (C=O) groups excluding carboxylic acids is 4. The summed E-state index contributed by atoms with van der Waals surface area (Å²) >= 11 is 0. The van der Waals surface area contributed by atoms with E-state index < -0.39 is 23.9 Å². The fourth-order valence-electron chi connectivity index (χ4n) is 4.48. The minimum Gasteiger partial charge on any atom is -0.368 e. The summed E-state index contributed by atoms with van der Waals surface area (Å²) in [6, 6.07) is 1.55. The van der Waals surface area contributed by atoms with Crippen LogP contribution in [0.1, 0.15) is 112 Å². The van der Waals surface area contributed by atoms with Crippen molar-refractivity contribution in [1.82, 2.24) is 9.88 Å². The van der Waals surface area contributed by atoms with E-state index in [1.807, 2.05) is 13.8 Å². The number of aromatic amines is 1. The number of amides is 2. The van der Waals surface area contributed by atoms with Gasteiger partial charge in [-0.15, -0.1) is 0 Å². The van der Waals surface area contributed by atoms with Crippen molar-refractivity contribution in [3.63, 3.8) is 0 Å². The number of Topliss-reactive ketones (excluding diaryl/α,β-unsaturated/α-hetero) is 1. The summed E-state index contributed by atoms with van der Waals surface area (Å²) in [7, 11) is 0. The molecule has 0 aromatic carbocycles. The van der Waals surface area contributed by atoms with Gasteiger partial charge in [-0.05, 0) is 37.3 Å². The molecule has 1 aromatic heterocycles. The van der Waals surface area contributed by atoms with Gasteiger partial charge in [-0.25, -0.2) is 0 Å². The summed E-state index contributed by atoms with van der Waals surface area (Å²) in [4.78, 5) is 54.7. The molecule has 7 nitrogen and oxygen atoms in total. The number of H-pyrrole nitrogens is 1. The van der Waals surface area contributed by atoms with E-state index >= 15 is 0 Å². The van der Waals surface area contributed by atoms with Gasteiger partial charge in [0.15, 0.2) is 5.78 Å². The number of rotatable bonds is 5. The lowest BCUT2D eigenvalue weighted by Gasteiger charge is -2.34. The quantitative estimate of drug-likeness (QED) is 0.653. The summed E-state index contributed by atoms with van der Waals surface area (Å²) in [5.41, 5.74) is 6.32. The predicted molar refractivity (Wildman–Crippen MR) is 124 cm³/mol. The lowest BCUT2D eigenvalue weighted by molar-refractivity contribution is -0.125. The van der Waals surface area contributed by atoms with E-state index in [1.165, 1.54) is 17.7 Å². The molecule has 178 valence electrons. The Balaban J connectivity index is 2.36. The van der Waals surface area contributed by atoms with E-state index in [2.05, 4.69) is 4.98 Å². The highest BCUT2D eigenvalue weighted by Gasteiger charge is 2.35. The summed E-state index contributed by atoms with van der Waals surface area (Å²) < 4.78 is 0. The van der Waals surface area contributed by atoms with Crippen molar-refractivity contribution in [2.24, 2.45) is 11.7 Å². The molecule has 1 unspecified atom stereocenters. The van der Waals surface area contributed by atoms with Crippen molar-refractivity contribution >= 4 is 23.9 Å². The molecular weight excluding hydrogens is 406 g/mol. The molecule has 32 heavy (non-hydrogen) atoms. The minimum atomic E-state index is -0.863. The van der Waals surface area contributed by atoms with Crippen LogP contribution in [0.4, 0.5) is 0 Å². The van der Waals surface area contributed by atoms with Crippen LogP contribution in [-0.2, 0) is 9.59 Å².